The summed E-state index contributed by atoms with van der Waals surface area (Å²) in [6, 6.07) is 0. The maximum Gasteiger partial charge on any atom is 0.409 e. The summed E-state index contributed by atoms with van der Waals surface area (Å²) in [5.41, 5.74) is 0. The molecular weight excluding hydrogens is 178 g/mol. The van der Waals surface area contributed by atoms with Crippen molar-refractivity contribution in [2.24, 2.45) is 0 Å². The van der Waals surface area contributed by atoms with Gasteiger partial charge in [-0.15, -0.1) is 0 Å². The van der Waals surface area contributed by atoms with E-state index in [1.54, 1.807) is 11.0 Å². The van der Waals surface area contributed by atoms with Gasteiger partial charge in [-0.1, -0.05) is 38.2 Å². The summed E-state index contributed by atoms with van der Waals surface area (Å²) < 4.78 is 4.67. The number of allylic oxidation sites excluding steroid dienone is 2. The maximum atomic E-state index is 11.3. The predicted octanol–water partition coefficient (Wildman–Crippen LogP) is 2.60. The predicted molar refractivity (Wildman–Crippen MR) is 58.2 cm³/mol. The molecule has 0 spiro atoms. The molecule has 0 N–H and O–H groups in total. The fourth-order valence-electron chi connectivity index (χ4n) is 1.02. The van der Waals surface area contributed by atoms with E-state index in [2.05, 4.69) is 18.2 Å². The Hall–Kier alpha value is -1.25. The molecule has 80 valence electrons. The molecule has 3 heteroatoms. The average molecular weight is 197 g/mol. The number of amides is 1. The highest BCUT2D eigenvalue weighted by Crippen LogP contribution is 1.98. The van der Waals surface area contributed by atoms with Crippen molar-refractivity contribution in [1.82, 2.24) is 4.90 Å². The number of ether oxygens (including phenoxy) is 1. The summed E-state index contributed by atoms with van der Waals surface area (Å²) in [5, 5.41) is 0. The van der Waals surface area contributed by atoms with Crippen molar-refractivity contribution in [2.75, 3.05) is 20.2 Å². The Morgan fingerprint density at radius 2 is 2.29 bits per heavy atom. The zero-order valence-corrected chi connectivity index (χ0v) is 9.03. The first-order valence-electron chi connectivity index (χ1n) is 4.86. The van der Waals surface area contributed by atoms with Crippen LogP contribution in [0, 0.1) is 0 Å². The molecule has 0 aliphatic heterocycles. The Bertz CT molecular complexity index is 199. The molecule has 0 aliphatic rings. The highest BCUT2D eigenvalue weighted by atomic mass is 16.5. The van der Waals surface area contributed by atoms with Gasteiger partial charge in [0, 0.05) is 13.1 Å². The lowest BCUT2D eigenvalue weighted by atomic mass is 10.3. The van der Waals surface area contributed by atoms with E-state index in [4.69, 9.17) is 0 Å². The quantitative estimate of drug-likeness (QED) is 0.612. The van der Waals surface area contributed by atoms with Gasteiger partial charge in [-0.2, -0.15) is 0 Å². The molecule has 0 rings (SSSR count). The number of hydrogen-bond donors (Lipinski definition) is 0. The highest BCUT2D eigenvalue weighted by molar-refractivity contribution is 5.67. The fraction of sp³-hybridized carbons (Fsp3) is 0.545. The van der Waals surface area contributed by atoms with E-state index in [-0.39, 0.29) is 6.09 Å². The van der Waals surface area contributed by atoms with Gasteiger partial charge in [-0.05, 0) is 6.42 Å². The van der Waals surface area contributed by atoms with E-state index in [0.717, 1.165) is 19.4 Å². The van der Waals surface area contributed by atoms with Crippen LogP contribution in [0.15, 0.2) is 24.8 Å². The summed E-state index contributed by atoms with van der Waals surface area (Å²) in [7, 11) is 1.40. The van der Waals surface area contributed by atoms with Crippen molar-refractivity contribution < 1.29 is 9.53 Å². The Kier molecular flexibility index (Phi) is 7.61. The molecule has 0 atom stereocenters. The number of carbonyl (C=O) groups excluding carboxylic acids is 1. The van der Waals surface area contributed by atoms with Crippen LogP contribution in [0.3, 0.4) is 0 Å². The maximum absolute atomic E-state index is 11.3. The Balaban J connectivity index is 4.02. The number of methoxy groups -OCH3 is 1. The van der Waals surface area contributed by atoms with Crippen LogP contribution >= 0.6 is 0 Å². The number of rotatable bonds is 6. The van der Waals surface area contributed by atoms with Crippen molar-refractivity contribution >= 4 is 6.09 Å². The standard InChI is InChI=1S/C11H19NO2/c1-4-6-8-10-12(9-7-5-2)11(13)14-3/h4,6,8H,1,5,7,9-10H2,2-3H3. The van der Waals surface area contributed by atoms with Crippen LogP contribution in [0.4, 0.5) is 4.79 Å². The van der Waals surface area contributed by atoms with Crippen LogP contribution < -0.4 is 0 Å². The molecule has 0 fully saturated rings. The molecule has 0 aromatic rings. The van der Waals surface area contributed by atoms with Crippen molar-refractivity contribution in [3.8, 4) is 0 Å². The largest absolute Gasteiger partial charge is 0.453 e. The van der Waals surface area contributed by atoms with Crippen molar-refractivity contribution in [2.45, 2.75) is 19.8 Å². The third-order valence-electron chi connectivity index (χ3n) is 1.81. The molecular formula is C11H19NO2. The zero-order valence-electron chi connectivity index (χ0n) is 9.03. The Morgan fingerprint density at radius 3 is 2.79 bits per heavy atom. The average Bonchev–Trinajstić information content (AvgIpc) is 2.22. The van der Waals surface area contributed by atoms with Crippen LogP contribution in [0.1, 0.15) is 19.8 Å². The molecule has 1 amide bonds. The van der Waals surface area contributed by atoms with Gasteiger partial charge in [-0.25, -0.2) is 4.79 Å². The fourth-order valence-corrected chi connectivity index (χ4v) is 1.02. The van der Waals surface area contributed by atoms with E-state index < -0.39 is 0 Å². The second kappa shape index (κ2) is 8.35. The lowest BCUT2D eigenvalue weighted by Crippen LogP contribution is -2.31. The van der Waals surface area contributed by atoms with Crippen LogP contribution in [0.5, 0.6) is 0 Å². The number of unbranched alkanes of at least 4 members (excludes halogenated alkanes) is 1. The smallest absolute Gasteiger partial charge is 0.409 e. The first-order valence-corrected chi connectivity index (χ1v) is 4.86. The van der Waals surface area contributed by atoms with Gasteiger partial charge in [0.2, 0.25) is 0 Å². The van der Waals surface area contributed by atoms with E-state index in [1.165, 1.54) is 7.11 Å². The molecule has 0 radical (unpaired) electrons. The van der Waals surface area contributed by atoms with Gasteiger partial charge in [0.05, 0.1) is 7.11 Å². The lowest BCUT2D eigenvalue weighted by Gasteiger charge is -2.18. The zero-order chi connectivity index (χ0) is 10.8. The van der Waals surface area contributed by atoms with Crippen molar-refractivity contribution in [3.63, 3.8) is 0 Å². The Labute approximate surface area is 86.0 Å². The lowest BCUT2D eigenvalue weighted by molar-refractivity contribution is 0.127. The Morgan fingerprint density at radius 1 is 1.57 bits per heavy atom. The second-order valence-electron chi connectivity index (χ2n) is 2.93. The highest BCUT2D eigenvalue weighted by Gasteiger charge is 2.10. The second-order valence-corrected chi connectivity index (χ2v) is 2.93. The first kappa shape index (κ1) is 12.8. The minimum Gasteiger partial charge on any atom is -0.453 e. The summed E-state index contributed by atoms with van der Waals surface area (Å²) >= 11 is 0. The molecule has 0 bridgehead atoms. The molecule has 0 aromatic carbocycles. The van der Waals surface area contributed by atoms with E-state index in [9.17, 15) is 4.79 Å². The number of hydrogen-bond acceptors (Lipinski definition) is 2. The van der Waals surface area contributed by atoms with Gasteiger partial charge < -0.3 is 9.64 Å². The topological polar surface area (TPSA) is 29.5 Å². The summed E-state index contributed by atoms with van der Waals surface area (Å²) in [4.78, 5) is 12.9. The molecule has 0 saturated heterocycles. The van der Waals surface area contributed by atoms with Gasteiger partial charge in [-0.3, -0.25) is 0 Å². The first-order chi connectivity index (χ1) is 6.76. The van der Waals surface area contributed by atoms with Crippen molar-refractivity contribution in [1.29, 1.82) is 0 Å². The number of nitrogens with zero attached hydrogens (tertiary/aromatic N) is 1. The summed E-state index contributed by atoms with van der Waals surface area (Å²) in [6.45, 7) is 6.98. The molecule has 0 aliphatic carbocycles. The number of carbonyl (C=O) groups is 1. The van der Waals surface area contributed by atoms with Gasteiger partial charge in [0.1, 0.15) is 0 Å². The molecule has 0 aromatic heterocycles. The molecule has 0 saturated carbocycles. The van der Waals surface area contributed by atoms with E-state index in [0.29, 0.717) is 6.54 Å². The summed E-state index contributed by atoms with van der Waals surface area (Å²) in [5.74, 6) is 0. The minimum absolute atomic E-state index is 0.271. The van der Waals surface area contributed by atoms with Crippen LogP contribution in [0.25, 0.3) is 0 Å². The van der Waals surface area contributed by atoms with Gasteiger partial charge in [0.15, 0.2) is 0 Å². The molecule has 3 nitrogen and oxygen atoms in total. The SMILES string of the molecule is C=CC=CCN(CCCC)C(=O)OC. The molecule has 14 heavy (non-hydrogen) atoms. The van der Waals surface area contributed by atoms with Crippen LogP contribution in [-0.2, 0) is 4.74 Å². The minimum atomic E-state index is -0.271. The van der Waals surface area contributed by atoms with E-state index >= 15 is 0 Å². The third kappa shape index (κ3) is 5.41. The third-order valence-corrected chi connectivity index (χ3v) is 1.81. The van der Waals surface area contributed by atoms with Gasteiger partial charge in [0.25, 0.3) is 0 Å². The summed E-state index contributed by atoms with van der Waals surface area (Å²) in [6.07, 6.45) is 7.19. The molecule has 0 unspecified atom stereocenters. The molecule has 0 heterocycles. The van der Waals surface area contributed by atoms with Crippen molar-refractivity contribution in [3.05, 3.63) is 24.8 Å². The van der Waals surface area contributed by atoms with Crippen LogP contribution in [-0.4, -0.2) is 31.2 Å². The van der Waals surface area contributed by atoms with Crippen LogP contribution in [0.2, 0.25) is 0 Å². The monoisotopic (exact) mass is 197 g/mol. The normalized spacial score (nSPS) is 10.1. The van der Waals surface area contributed by atoms with E-state index in [1.807, 2.05) is 12.2 Å². The van der Waals surface area contributed by atoms with Gasteiger partial charge >= 0.3 is 6.09 Å².